The van der Waals surface area contributed by atoms with Gasteiger partial charge in [-0.2, -0.15) is 9.90 Å². The molecule has 0 aliphatic carbocycles. The third-order valence-corrected chi connectivity index (χ3v) is 2.97. The van der Waals surface area contributed by atoms with Crippen LogP contribution in [-0.4, -0.2) is 26.1 Å². The van der Waals surface area contributed by atoms with Gasteiger partial charge < -0.3 is 5.11 Å². The van der Waals surface area contributed by atoms with Gasteiger partial charge in [0.25, 0.3) is 0 Å². The number of aromatic carboxylic acids is 1. The van der Waals surface area contributed by atoms with Crippen LogP contribution < -0.4 is 0 Å². The molecule has 1 aromatic carbocycles. The quantitative estimate of drug-likeness (QED) is 0.915. The largest absolute Gasteiger partial charge is 0.476 e. The van der Waals surface area contributed by atoms with E-state index in [1.165, 1.54) is 11.0 Å². The number of carboxylic acids is 1. The Hall–Kier alpha value is -1.69. The molecule has 0 radical (unpaired) electrons. The Bertz CT molecular complexity index is 551. The molecule has 16 heavy (non-hydrogen) atoms. The number of nitrogens with zero attached hydrogens (tertiary/aromatic N) is 3. The molecule has 0 unspecified atom stereocenters. The van der Waals surface area contributed by atoms with Crippen molar-refractivity contribution in [2.24, 2.45) is 0 Å². The van der Waals surface area contributed by atoms with Crippen LogP contribution in [0, 0.1) is 6.92 Å². The average molecular weight is 282 g/mol. The number of rotatable bonds is 2. The zero-order valence-corrected chi connectivity index (χ0v) is 9.97. The van der Waals surface area contributed by atoms with Crippen LogP contribution in [0.15, 0.2) is 28.9 Å². The fraction of sp³-hybridized carbons (Fsp3) is 0.100. The van der Waals surface area contributed by atoms with Crippen molar-refractivity contribution >= 4 is 21.9 Å². The molecule has 1 aromatic heterocycles. The van der Waals surface area contributed by atoms with E-state index in [9.17, 15) is 4.79 Å². The zero-order chi connectivity index (χ0) is 11.7. The highest BCUT2D eigenvalue weighted by atomic mass is 79.9. The van der Waals surface area contributed by atoms with Crippen LogP contribution >= 0.6 is 15.9 Å². The molecule has 0 aliphatic rings. The van der Waals surface area contributed by atoms with E-state index in [-0.39, 0.29) is 5.69 Å². The van der Waals surface area contributed by atoms with Gasteiger partial charge in [-0.15, -0.1) is 5.10 Å². The second-order valence-electron chi connectivity index (χ2n) is 3.26. The van der Waals surface area contributed by atoms with Crippen molar-refractivity contribution in [3.8, 4) is 5.69 Å². The molecule has 0 spiro atoms. The number of benzene rings is 1. The molecule has 0 aliphatic heterocycles. The summed E-state index contributed by atoms with van der Waals surface area (Å²) in [4.78, 5) is 11.9. The average Bonchev–Trinajstić information content (AvgIpc) is 2.71. The molecule has 0 fully saturated rings. The number of aromatic nitrogens is 3. The van der Waals surface area contributed by atoms with E-state index in [1.807, 2.05) is 25.1 Å². The first-order valence-electron chi connectivity index (χ1n) is 4.50. The maximum Gasteiger partial charge on any atom is 0.358 e. The smallest absolute Gasteiger partial charge is 0.358 e. The van der Waals surface area contributed by atoms with Crippen molar-refractivity contribution in [3.05, 3.63) is 40.1 Å². The second kappa shape index (κ2) is 4.05. The SMILES string of the molecule is Cc1cc(-n2ncc(C(=O)O)n2)ccc1Br. The molecule has 0 saturated heterocycles. The fourth-order valence-corrected chi connectivity index (χ4v) is 1.49. The summed E-state index contributed by atoms with van der Waals surface area (Å²) in [6.45, 7) is 1.94. The lowest BCUT2D eigenvalue weighted by molar-refractivity contribution is 0.0690. The molecule has 2 aromatic rings. The number of carboxylic acid groups (broad SMARTS) is 1. The summed E-state index contributed by atoms with van der Waals surface area (Å²) in [5.74, 6) is -1.08. The summed E-state index contributed by atoms with van der Waals surface area (Å²) in [6, 6.07) is 5.55. The van der Waals surface area contributed by atoms with Crippen molar-refractivity contribution < 1.29 is 9.90 Å². The van der Waals surface area contributed by atoms with Gasteiger partial charge in [-0.25, -0.2) is 4.79 Å². The summed E-state index contributed by atoms with van der Waals surface area (Å²) in [7, 11) is 0. The number of hydrogen-bond acceptors (Lipinski definition) is 3. The van der Waals surface area contributed by atoms with Crippen LogP contribution in [0.3, 0.4) is 0 Å². The molecule has 1 heterocycles. The van der Waals surface area contributed by atoms with Crippen molar-refractivity contribution in [2.45, 2.75) is 6.92 Å². The van der Waals surface area contributed by atoms with Crippen LogP contribution in [0.25, 0.3) is 5.69 Å². The Morgan fingerprint density at radius 2 is 2.25 bits per heavy atom. The molecule has 0 saturated carbocycles. The van der Waals surface area contributed by atoms with Gasteiger partial charge in [0, 0.05) is 4.47 Å². The van der Waals surface area contributed by atoms with Gasteiger partial charge in [0.15, 0.2) is 5.69 Å². The minimum atomic E-state index is -1.08. The minimum Gasteiger partial charge on any atom is -0.476 e. The molecule has 0 amide bonds. The normalized spacial score (nSPS) is 10.4. The molecular formula is C10H8BrN3O2. The lowest BCUT2D eigenvalue weighted by Crippen LogP contribution is -2.02. The first kappa shape index (κ1) is 10.8. The lowest BCUT2D eigenvalue weighted by Gasteiger charge is -2.02. The molecule has 82 valence electrons. The Morgan fingerprint density at radius 1 is 1.50 bits per heavy atom. The van der Waals surface area contributed by atoms with Gasteiger partial charge in [0.1, 0.15) is 0 Å². The van der Waals surface area contributed by atoms with E-state index < -0.39 is 5.97 Å². The van der Waals surface area contributed by atoms with Gasteiger partial charge in [-0.1, -0.05) is 15.9 Å². The van der Waals surface area contributed by atoms with Crippen molar-refractivity contribution in [3.63, 3.8) is 0 Å². The van der Waals surface area contributed by atoms with Crippen LogP contribution in [0.4, 0.5) is 0 Å². The van der Waals surface area contributed by atoms with Crippen LogP contribution in [0.1, 0.15) is 16.1 Å². The Labute approximate surface area is 99.8 Å². The van der Waals surface area contributed by atoms with E-state index in [0.29, 0.717) is 0 Å². The molecule has 5 nitrogen and oxygen atoms in total. The van der Waals surface area contributed by atoms with E-state index >= 15 is 0 Å². The van der Waals surface area contributed by atoms with E-state index in [1.54, 1.807) is 0 Å². The number of hydrogen-bond donors (Lipinski definition) is 1. The van der Waals surface area contributed by atoms with Gasteiger partial charge in [0.2, 0.25) is 0 Å². The van der Waals surface area contributed by atoms with Crippen LogP contribution in [0.5, 0.6) is 0 Å². The Morgan fingerprint density at radius 3 is 2.81 bits per heavy atom. The summed E-state index contributed by atoms with van der Waals surface area (Å²) in [5, 5.41) is 16.4. The highest BCUT2D eigenvalue weighted by Gasteiger charge is 2.09. The number of halogens is 1. The van der Waals surface area contributed by atoms with E-state index in [0.717, 1.165) is 15.7 Å². The van der Waals surface area contributed by atoms with Gasteiger partial charge in [0.05, 0.1) is 11.9 Å². The summed E-state index contributed by atoms with van der Waals surface area (Å²) < 4.78 is 0.988. The summed E-state index contributed by atoms with van der Waals surface area (Å²) in [5.41, 5.74) is 1.69. The highest BCUT2D eigenvalue weighted by Crippen LogP contribution is 2.18. The minimum absolute atomic E-state index is 0.0689. The number of aryl methyl sites for hydroxylation is 1. The zero-order valence-electron chi connectivity index (χ0n) is 8.38. The summed E-state index contributed by atoms with van der Waals surface area (Å²) in [6.07, 6.45) is 1.22. The molecular weight excluding hydrogens is 274 g/mol. The van der Waals surface area contributed by atoms with Gasteiger partial charge >= 0.3 is 5.97 Å². The maximum absolute atomic E-state index is 10.6. The van der Waals surface area contributed by atoms with E-state index in [2.05, 4.69) is 26.1 Å². The third kappa shape index (κ3) is 1.96. The van der Waals surface area contributed by atoms with Crippen LogP contribution in [-0.2, 0) is 0 Å². The Kier molecular flexibility index (Phi) is 2.74. The van der Waals surface area contributed by atoms with Crippen molar-refractivity contribution in [1.82, 2.24) is 15.0 Å². The molecule has 2 rings (SSSR count). The highest BCUT2D eigenvalue weighted by molar-refractivity contribution is 9.10. The maximum atomic E-state index is 10.6. The first-order valence-corrected chi connectivity index (χ1v) is 5.29. The summed E-state index contributed by atoms with van der Waals surface area (Å²) >= 11 is 3.39. The second-order valence-corrected chi connectivity index (χ2v) is 4.11. The predicted molar refractivity (Wildman–Crippen MR) is 60.8 cm³/mol. The standard InChI is InChI=1S/C10H8BrN3O2/c1-6-4-7(2-3-8(6)11)14-12-5-9(13-14)10(15)16/h2-5H,1H3,(H,15,16). The third-order valence-electron chi connectivity index (χ3n) is 2.08. The van der Waals surface area contributed by atoms with Gasteiger partial charge in [-0.05, 0) is 30.7 Å². The fourth-order valence-electron chi connectivity index (χ4n) is 1.24. The molecule has 6 heteroatoms. The number of carbonyl (C=O) groups is 1. The molecule has 0 atom stereocenters. The lowest BCUT2D eigenvalue weighted by atomic mass is 10.2. The van der Waals surface area contributed by atoms with Crippen molar-refractivity contribution in [1.29, 1.82) is 0 Å². The van der Waals surface area contributed by atoms with Gasteiger partial charge in [-0.3, -0.25) is 0 Å². The van der Waals surface area contributed by atoms with Crippen molar-refractivity contribution in [2.75, 3.05) is 0 Å². The Balaban J connectivity index is 2.42. The predicted octanol–water partition coefficient (Wildman–Crippen LogP) is 2.04. The molecule has 0 bridgehead atoms. The topological polar surface area (TPSA) is 68.0 Å². The first-order chi connectivity index (χ1) is 7.58. The van der Waals surface area contributed by atoms with E-state index in [4.69, 9.17) is 5.11 Å². The monoisotopic (exact) mass is 281 g/mol. The van der Waals surface area contributed by atoms with Crippen LogP contribution in [0.2, 0.25) is 0 Å². The molecule has 1 N–H and O–H groups in total.